The smallest absolute Gasteiger partial charge is 0.224 e. The molecule has 3 atom stereocenters. The first-order valence-corrected chi connectivity index (χ1v) is 5.91. The zero-order valence-corrected chi connectivity index (χ0v) is 9.08. The topological polar surface area (TPSA) is 64.4 Å². The van der Waals surface area contributed by atoms with E-state index >= 15 is 0 Å². The van der Waals surface area contributed by atoms with Crippen molar-refractivity contribution in [1.29, 1.82) is 0 Å². The molecular weight excluding hydrogens is 192 g/mol. The standard InChI is InChI=1S/C11H20N2O2/c12-10-5-1-4-9(10)11(14)13-8-3-2-6-15-7-8/h8-10H,1-7,12H2,(H,13,14). The first-order chi connectivity index (χ1) is 7.27. The Kier molecular flexibility index (Phi) is 3.59. The van der Waals surface area contributed by atoms with Crippen molar-refractivity contribution in [1.82, 2.24) is 5.32 Å². The van der Waals surface area contributed by atoms with Crippen molar-refractivity contribution in [2.45, 2.75) is 44.2 Å². The van der Waals surface area contributed by atoms with E-state index in [1.165, 1.54) is 0 Å². The normalized spacial score (nSPS) is 36.5. The molecule has 1 saturated carbocycles. The molecule has 1 saturated heterocycles. The zero-order chi connectivity index (χ0) is 10.7. The molecule has 86 valence electrons. The van der Waals surface area contributed by atoms with Crippen LogP contribution in [0.25, 0.3) is 0 Å². The summed E-state index contributed by atoms with van der Waals surface area (Å²) in [4.78, 5) is 11.9. The molecule has 3 N–H and O–H groups in total. The van der Waals surface area contributed by atoms with Crippen LogP contribution in [0.3, 0.4) is 0 Å². The van der Waals surface area contributed by atoms with E-state index in [1.54, 1.807) is 0 Å². The summed E-state index contributed by atoms with van der Waals surface area (Å²) < 4.78 is 5.33. The number of hydrogen-bond acceptors (Lipinski definition) is 3. The molecule has 1 aliphatic heterocycles. The molecule has 1 heterocycles. The molecule has 0 aromatic heterocycles. The Bertz CT molecular complexity index is 227. The van der Waals surface area contributed by atoms with Gasteiger partial charge in [-0.15, -0.1) is 0 Å². The van der Waals surface area contributed by atoms with Gasteiger partial charge in [0, 0.05) is 12.6 Å². The lowest BCUT2D eigenvalue weighted by molar-refractivity contribution is -0.126. The molecule has 2 fully saturated rings. The Hall–Kier alpha value is -0.610. The summed E-state index contributed by atoms with van der Waals surface area (Å²) in [5, 5.41) is 3.05. The quantitative estimate of drug-likeness (QED) is 0.696. The lowest BCUT2D eigenvalue weighted by Crippen LogP contribution is -2.46. The van der Waals surface area contributed by atoms with Gasteiger partial charge in [-0.3, -0.25) is 4.79 Å². The van der Waals surface area contributed by atoms with E-state index in [0.717, 1.165) is 38.7 Å². The summed E-state index contributed by atoms with van der Waals surface area (Å²) in [7, 11) is 0. The van der Waals surface area contributed by atoms with Crippen molar-refractivity contribution in [2.24, 2.45) is 11.7 Å². The number of nitrogens with one attached hydrogen (secondary N) is 1. The summed E-state index contributed by atoms with van der Waals surface area (Å²) in [6.07, 6.45) is 5.09. The molecule has 0 spiro atoms. The van der Waals surface area contributed by atoms with Crippen molar-refractivity contribution in [3.05, 3.63) is 0 Å². The highest BCUT2D eigenvalue weighted by molar-refractivity contribution is 5.80. The third-order valence-electron chi connectivity index (χ3n) is 3.41. The Balaban J connectivity index is 1.80. The van der Waals surface area contributed by atoms with Crippen LogP contribution < -0.4 is 11.1 Å². The van der Waals surface area contributed by atoms with Crippen LogP contribution in [-0.2, 0) is 9.53 Å². The highest BCUT2D eigenvalue weighted by Gasteiger charge is 2.31. The van der Waals surface area contributed by atoms with E-state index in [1.807, 2.05) is 0 Å². The summed E-state index contributed by atoms with van der Waals surface area (Å²) in [6, 6.07) is 0.272. The minimum atomic E-state index is 0.0342. The molecule has 2 aliphatic rings. The second-order valence-corrected chi connectivity index (χ2v) is 4.62. The van der Waals surface area contributed by atoms with Crippen molar-refractivity contribution >= 4 is 5.91 Å². The SMILES string of the molecule is NC1CCCC1C(=O)NC1CCCOC1. The van der Waals surface area contributed by atoms with Gasteiger partial charge in [0.2, 0.25) is 5.91 Å². The van der Waals surface area contributed by atoms with Crippen LogP contribution in [0.15, 0.2) is 0 Å². The van der Waals surface area contributed by atoms with Crippen molar-refractivity contribution in [3.8, 4) is 0 Å². The van der Waals surface area contributed by atoms with Gasteiger partial charge in [0.05, 0.1) is 18.6 Å². The zero-order valence-electron chi connectivity index (χ0n) is 9.08. The van der Waals surface area contributed by atoms with Crippen LogP contribution in [0.2, 0.25) is 0 Å². The second-order valence-electron chi connectivity index (χ2n) is 4.62. The Morgan fingerprint density at radius 2 is 2.13 bits per heavy atom. The number of amides is 1. The molecule has 1 aliphatic carbocycles. The Morgan fingerprint density at radius 3 is 2.73 bits per heavy atom. The van der Waals surface area contributed by atoms with E-state index in [-0.39, 0.29) is 23.9 Å². The number of ether oxygens (including phenoxy) is 1. The molecule has 2 rings (SSSR count). The van der Waals surface area contributed by atoms with Crippen LogP contribution in [0.4, 0.5) is 0 Å². The highest BCUT2D eigenvalue weighted by Crippen LogP contribution is 2.24. The van der Waals surface area contributed by atoms with Gasteiger partial charge < -0.3 is 15.8 Å². The molecule has 1 amide bonds. The average Bonchev–Trinajstić information content (AvgIpc) is 2.66. The summed E-state index contributed by atoms with van der Waals surface area (Å²) >= 11 is 0. The minimum absolute atomic E-state index is 0.0342. The van der Waals surface area contributed by atoms with Gasteiger partial charge in [0.1, 0.15) is 0 Å². The van der Waals surface area contributed by atoms with E-state index < -0.39 is 0 Å². The highest BCUT2D eigenvalue weighted by atomic mass is 16.5. The van der Waals surface area contributed by atoms with E-state index in [9.17, 15) is 4.79 Å². The molecule has 4 nitrogen and oxygen atoms in total. The molecule has 0 aromatic rings. The maximum absolute atomic E-state index is 11.9. The molecule has 15 heavy (non-hydrogen) atoms. The minimum Gasteiger partial charge on any atom is -0.379 e. The first kappa shape index (κ1) is 10.9. The van der Waals surface area contributed by atoms with Crippen LogP contribution in [0.5, 0.6) is 0 Å². The van der Waals surface area contributed by atoms with Gasteiger partial charge in [0.25, 0.3) is 0 Å². The Morgan fingerprint density at radius 1 is 1.27 bits per heavy atom. The predicted octanol–water partition coefficient (Wildman–Crippen LogP) is 0.409. The van der Waals surface area contributed by atoms with Crippen LogP contribution in [-0.4, -0.2) is 31.2 Å². The predicted molar refractivity (Wildman–Crippen MR) is 57.3 cm³/mol. The largest absolute Gasteiger partial charge is 0.379 e. The average molecular weight is 212 g/mol. The molecular formula is C11H20N2O2. The summed E-state index contributed by atoms with van der Waals surface area (Å²) in [5.41, 5.74) is 5.89. The van der Waals surface area contributed by atoms with Gasteiger partial charge in [-0.1, -0.05) is 6.42 Å². The number of carbonyl (C=O) groups excluding carboxylic acids is 1. The van der Waals surface area contributed by atoms with Gasteiger partial charge in [-0.05, 0) is 25.7 Å². The molecule has 0 radical (unpaired) electrons. The van der Waals surface area contributed by atoms with Gasteiger partial charge in [0.15, 0.2) is 0 Å². The first-order valence-electron chi connectivity index (χ1n) is 5.91. The molecule has 0 aromatic carbocycles. The third kappa shape index (κ3) is 2.69. The van der Waals surface area contributed by atoms with Crippen molar-refractivity contribution in [3.63, 3.8) is 0 Å². The van der Waals surface area contributed by atoms with Crippen molar-refractivity contribution < 1.29 is 9.53 Å². The summed E-state index contributed by atoms with van der Waals surface area (Å²) in [6.45, 7) is 1.49. The fourth-order valence-electron chi connectivity index (χ4n) is 2.48. The van der Waals surface area contributed by atoms with Crippen LogP contribution in [0, 0.1) is 5.92 Å². The lowest BCUT2D eigenvalue weighted by Gasteiger charge is -2.25. The monoisotopic (exact) mass is 212 g/mol. The van der Waals surface area contributed by atoms with Crippen LogP contribution >= 0.6 is 0 Å². The molecule has 4 heteroatoms. The second kappa shape index (κ2) is 4.94. The molecule has 0 bridgehead atoms. The number of rotatable bonds is 2. The van der Waals surface area contributed by atoms with Gasteiger partial charge in [-0.25, -0.2) is 0 Å². The van der Waals surface area contributed by atoms with Gasteiger partial charge in [-0.2, -0.15) is 0 Å². The van der Waals surface area contributed by atoms with E-state index in [0.29, 0.717) is 6.61 Å². The maximum Gasteiger partial charge on any atom is 0.224 e. The van der Waals surface area contributed by atoms with Gasteiger partial charge >= 0.3 is 0 Å². The van der Waals surface area contributed by atoms with Crippen molar-refractivity contribution in [2.75, 3.05) is 13.2 Å². The lowest BCUT2D eigenvalue weighted by atomic mass is 10.0. The number of hydrogen-bond donors (Lipinski definition) is 2. The number of carbonyl (C=O) groups is 1. The van der Waals surface area contributed by atoms with E-state index in [2.05, 4.69) is 5.32 Å². The maximum atomic E-state index is 11.9. The van der Waals surface area contributed by atoms with Crippen LogP contribution in [0.1, 0.15) is 32.1 Å². The number of nitrogens with two attached hydrogens (primary N) is 1. The fourth-order valence-corrected chi connectivity index (χ4v) is 2.48. The fraction of sp³-hybridized carbons (Fsp3) is 0.909. The Labute approximate surface area is 90.5 Å². The molecule has 3 unspecified atom stereocenters. The third-order valence-corrected chi connectivity index (χ3v) is 3.41. The summed E-state index contributed by atoms with van der Waals surface area (Å²) in [5.74, 6) is 0.169. The van der Waals surface area contributed by atoms with E-state index in [4.69, 9.17) is 10.5 Å².